The molecular formula is C18H25N3O2. The second-order valence-electron chi connectivity index (χ2n) is 6.21. The molecule has 2 aromatic heterocycles. The molecule has 0 saturated carbocycles. The van der Waals surface area contributed by atoms with Crippen molar-refractivity contribution in [2.24, 2.45) is 5.92 Å². The Bertz CT molecular complexity index is 662. The van der Waals surface area contributed by atoms with Gasteiger partial charge in [0.1, 0.15) is 5.82 Å². The maximum absolute atomic E-state index is 12.4. The Hall–Kier alpha value is -2.14. The van der Waals surface area contributed by atoms with Crippen LogP contribution in [-0.4, -0.2) is 33.2 Å². The van der Waals surface area contributed by atoms with E-state index in [9.17, 15) is 9.90 Å². The van der Waals surface area contributed by atoms with Crippen LogP contribution >= 0.6 is 0 Å². The van der Waals surface area contributed by atoms with E-state index >= 15 is 0 Å². The Morgan fingerprint density at radius 2 is 2.09 bits per heavy atom. The summed E-state index contributed by atoms with van der Waals surface area (Å²) in [5.74, 6) is 0.958. The van der Waals surface area contributed by atoms with Crippen LogP contribution in [0.2, 0.25) is 0 Å². The van der Waals surface area contributed by atoms with Gasteiger partial charge in [0, 0.05) is 24.1 Å². The highest BCUT2D eigenvalue weighted by Crippen LogP contribution is 2.19. The van der Waals surface area contributed by atoms with E-state index in [-0.39, 0.29) is 17.9 Å². The van der Waals surface area contributed by atoms with Crippen LogP contribution in [0.25, 0.3) is 5.82 Å². The van der Waals surface area contributed by atoms with Crippen LogP contribution in [0.5, 0.6) is 0 Å². The second-order valence-corrected chi connectivity index (χ2v) is 6.21. The Balaban J connectivity index is 2.13. The maximum atomic E-state index is 12.4. The number of aliphatic hydroxyl groups is 1. The van der Waals surface area contributed by atoms with Gasteiger partial charge in [-0.15, -0.1) is 0 Å². The molecule has 2 atom stereocenters. The molecule has 2 rings (SSSR count). The van der Waals surface area contributed by atoms with Crippen LogP contribution in [0, 0.1) is 19.8 Å². The standard InChI is InChI=1S/C18H25N3O2/c1-12(9-14(3)22)11-20-18(23)16-10-13(2)21(15(16)4)17-7-5-6-8-19-17/h5-8,10,12,14,22H,9,11H2,1-4H3,(H,20,23). The van der Waals surface area contributed by atoms with E-state index in [2.05, 4.69) is 10.3 Å². The number of rotatable bonds is 6. The largest absolute Gasteiger partial charge is 0.393 e. The SMILES string of the molecule is Cc1cc(C(=O)NCC(C)CC(C)O)c(C)n1-c1ccccn1. The molecule has 0 aliphatic rings. The Kier molecular flexibility index (Phi) is 5.55. The molecule has 0 aliphatic heterocycles. The highest BCUT2D eigenvalue weighted by molar-refractivity contribution is 5.95. The molecule has 1 amide bonds. The lowest BCUT2D eigenvalue weighted by Gasteiger charge is -2.14. The quantitative estimate of drug-likeness (QED) is 0.861. The molecule has 0 spiro atoms. The van der Waals surface area contributed by atoms with Gasteiger partial charge >= 0.3 is 0 Å². The normalized spacial score (nSPS) is 13.6. The minimum absolute atomic E-state index is 0.0854. The summed E-state index contributed by atoms with van der Waals surface area (Å²) in [7, 11) is 0. The molecule has 23 heavy (non-hydrogen) atoms. The zero-order valence-corrected chi connectivity index (χ0v) is 14.2. The van der Waals surface area contributed by atoms with Crippen molar-refractivity contribution in [2.45, 2.75) is 40.2 Å². The summed E-state index contributed by atoms with van der Waals surface area (Å²) in [6.45, 7) is 8.23. The monoisotopic (exact) mass is 315 g/mol. The van der Waals surface area contributed by atoms with Crippen molar-refractivity contribution in [2.75, 3.05) is 6.54 Å². The number of carbonyl (C=O) groups is 1. The maximum Gasteiger partial charge on any atom is 0.253 e. The molecule has 2 unspecified atom stereocenters. The van der Waals surface area contributed by atoms with Gasteiger partial charge in [0.25, 0.3) is 5.91 Å². The molecule has 0 saturated heterocycles. The van der Waals surface area contributed by atoms with Gasteiger partial charge in [0.15, 0.2) is 0 Å². The lowest BCUT2D eigenvalue weighted by molar-refractivity contribution is 0.0939. The number of amides is 1. The van der Waals surface area contributed by atoms with Gasteiger partial charge in [-0.1, -0.05) is 13.0 Å². The minimum atomic E-state index is -0.351. The molecule has 0 aromatic carbocycles. The fourth-order valence-corrected chi connectivity index (χ4v) is 2.86. The van der Waals surface area contributed by atoms with Crippen molar-refractivity contribution in [3.05, 3.63) is 47.4 Å². The first kappa shape index (κ1) is 17.2. The summed E-state index contributed by atoms with van der Waals surface area (Å²) in [4.78, 5) is 16.8. The van der Waals surface area contributed by atoms with Gasteiger partial charge in [-0.05, 0) is 51.3 Å². The minimum Gasteiger partial charge on any atom is -0.393 e. The Morgan fingerprint density at radius 3 is 2.70 bits per heavy atom. The van der Waals surface area contributed by atoms with E-state index in [1.54, 1.807) is 13.1 Å². The first-order valence-corrected chi connectivity index (χ1v) is 7.96. The fourth-order valence-electron chi connectivity index (χ4n) is 2.86. The molecule has 5 heteroatoms. The van der Waals surface area contributed by atoms with E-state index in [4.69, 9.17) is 0 Å². The van der Waals surface area contributed by atoms with E-state index in [1.165, 1.54) is 0 Å². The smallest absolute Gasteiger partial charge is 0.253 e. The molecule has 0 fully saturated rings. The third-order valence-corrected chi connectivity index (χ3v) is 3.91. The summed E-state index contributed by atoms with van der Waals surface area (Å²) in [6, 6.07) is 7.61. The second kappa shape index (κ2) is 7.42. The Morgan fingerprint density at radius 1 is 1.35 bits per heavy atom. The molecule has 2 aromatic rings. The molecule has 124 valence electrons. The number of nitrogens with one attached hydrogen (secondary N) is 1. The number of aromatic nitrogens is 2. The van der Waals surface area contributed by atoms with Gasteiger partial charge in [-0.25, -0.2) is 4.98 Å². The van der Waals surface area contributed by atoms with Crippen molar-refractivity contribution < 1.29 is 9.90 Å². The van der Waals surface area contributed by atoms with Crippen molar-refractivity contribution in [3.8, 4) is 5.82 Å². The van der Waals surface area contributed by atoms with Crippen LogP contribution < -0.4 is 5.32 Å². The number of aliphatic hydroxyl groups excluding tert-OH is 1. The van der Waals surface area contributed by atoms with Crippen LogP contribution in [0.15, 0.2) is 30.5 Å². The third kappa shape index (κ3) is 4.20. The predicted molar refractivity (Wildman–Crippen MR) is 90.8 cm³/mol. The highest BCUT2D eigenvalue weighted by atomic mass is 16.3. The number of hydrogen-bond donors (Lipinski definition) is 2. The zero-order chi connectivity index (χ0) is 17.0. The topological polar surface area (TPSA) is 67.2 Å². The zero-order valence-electron chi connectivity index (χ0n) is 14.2. The number of pyridine rings is 1. The molecule has 2 heterocycles. The molecule has 0 aliphatic carbocycles. The fraction of sp³-hybridized carbons (Fsp3) is 0.444. The van der Waals surface area contributed by atoms with Gasteiger partial charge < -0.3 is 15.0 Å². The van der Waals surface area contributed by atoms with Crippen LogP contribution in [0.3, 0.4) is 0 Å². The van der Waals surface area contributed by atoms with Gasteiger partial charge in [-0.2, -0.15) is 0 Å². The summed E-state index contributed by atoms with van der Waals surface area (Å²) >= 11 is 0. The first-order chi connectivity index (χ1) is 10.9. The molecule has 0 radical (unpaired) electrons. The average Bonchev–Trinajstić information content (AvgIpc) is 2.80. The van der Waals surface area contributed by atoms with E-state index < -0.39 is 0 Å². The molecular weight excluding hydrogens is 290 g/mol. The van der Waals surface area contributed by atoms with Crippen LogP contribution in [0.4, 0.5) is 0 Å². The van der Waals surface area contributed by atoms with E-state index in [1.807, 2.05) is 49.6 Å². The van der Waals surface area contributed by atoms with Crippen molar-refractivity contribution in [1.29, 1.82) is 0 Å². The molecule has 0 bridgehead atoms. The molecule has 5 nitrogen and oxygen atoms in total. The van der Waals surface area contributed by atoms with Crippen molar-refractivity contribution in [1.82, 2.24) is 14.9 Å². The lowest BCUT2D eigenvalue weighted by Crippen LogP contribution is -2.29. The van der Waals surface area contributed by atoms with Crippen molar-refractivity contribution >= 4 is 5.91 Å². The highest BCUT2D eigenvalue weighted by Gasteiger charge is 2.17. The predicted octanol–water partition coefficient (Wildman–Crippen LogP) is 2.63. The number of aryl methyl sites for hydroxylation is 1. The summed E-state index contributed by atoms with van der Waals surface area (Å²) in [5, 5.41) is 12.3. The average molecular weight is 315 g/mol. The van der Waals surface area contributed by atoms with Crippen LogP contribution in [-0.2, 0) is 0 Å². The summed E-state index contributed by atoms with van der Waals surface area (Å²) in [5.41, 5.74) is 2.52. The number of nitrogens with zero attached hydrogens (tertiary/aromatic N) is 2. The number of hydrogen-bond acceptors (Lipinski definition) is 3. The van der Waals surface area contributed by atoms with Crippen LogP contribution in [0.1, 0.15) is 42.0 Å². The van der Waals surface area contributed by atoms with Crippen molar-refractivity contribution in [3.63, 3.8) is 0 Å². The summed E-state index contributed by atoms with van der Waals surface area (Å²) < 4.78 is 1.98. The van der Waals surface area contributed by atoms with Gasteiger partial charge in [0.05, 0.1) is 11.7 Å². The van der Waals surface area contributed by atoms with Gasteiger partial charge in [-0.3, -0.25) is 4.79 Å². The third-order valence-electron chi connectivity index (χ3n) is 3.91. The van der Waals surface area contributed by atoms with E-state index in [0.717, 1.165) is 17.2 Å². The number of carbonyl (C=O) groups excluding carboxylic acids is 1. The van der Waals surface area contributed by atoms with Gasteiger partial charge in [0.2, 0.25) is 0 Å². The van der Waals surface area contributed by atoms with E-state index in [0.29, 0.717) is 18.5 Å². The first-order valence-electron chi connectivity index (χ1n) is 7.96. The lowest BCUT2D eigenvalue weighted by atomic mass is 10.0. The Labute approximate surface area is 137 Å². The molecule has 2 N–H and O–H groups in total. The summed E-state index contributed by atoms with van der Waals surface area (Å²) in [6.07, 6.45) is 2.06.